The lowest BCUT2D eigenvalue weighted by molar-refractivity contribution is -0.137. The zero-order valence-corrected chi connectivity index (χ0v) is 19.2. The lowest BCUT2D eigenvalue weighted by atomic mass is 9.83. The summed E-state index contributed by atoms with van der Waals surface area (Å²) in [5, 5.41) is 0. The quantitative estimate of drug-likeness (QED) is 0.547. The van der Waals surface area contributed by atoms with Crippen molar-refractivity contribution in [3.8, 4) is 5.75 Å². The Morgan fingerprint density at radius 2 is 1.48 bits per heavy atom. The monoisotopic (exact) mass is 485 g/mol. The van der Waals surface area contributed by atoms with Gasteiger partial charge in [-0.3, -0.25) is 0 Å². The van der Waals surface area contributed by atoms with Crippen LogP contribution in [0.15, 0.2) is 76.5 Å². The van der Waals surface area contributed by atoms with E-state index in [2.05, 4.69) is 15.9 Å². The summed E-state index contributed by atoms with van der Waals surface area (Å²) in [7, 11) is 4.29. The van der Waals surface area contributed by atoms with Crippen LogP contribution in [0.3, 0.4) is 0 Å². The fourth-order valence-corrected chi connectivity index (χ4v) is 4.03. The van der Waals surface area contributed by atoms with Gasteiger partial charge in [-0.05, 0) is 35.7 Å². The van der Waals surface area contributed by atoms with Gasteiger partial charge in [0, 0.05) is 23.4 Å². The normalized spacial score (nSPS) is 13.9. The smallest absolute Gasteiger partial charge is 0.336 e. The van der Waals surface area contributed by atoms with Gasteiger partial charge in [-0.1, -0.05) is 46.3 Å². The molecule has 1 heterocycles. The molecule has 1 aliphatic rings. The number of hydrogen-bond donors (Lipinski definition) is 0. The number of benzene rings is 2. The summed E-state index contributed by atoms with van der Waals surface area (Å²) in [5.41, 5.74) is 2.62. The Kier molecular flexibility index (Phi) is 7.52. The first-order valence-corrected chi connectivity index (χ1v) is 10.5. The molecular formula is C24H24BrNO5. The van der Waals surface area contributed by atoms with Crippen molar-refractivity contribution in [2.45, 2.75) is 12.3 Å². The summed E-state index contributed by atoms with van der Waals surface area (Å²) >= 11 is 3.53. The zero-order valence-electron chi connectivity index (χ0n) is 17.6. The average Bonchev–Trinajstić information content (AvgIpc) is 2.81. The standard InChI is InChI=1S/C24H24BrNO5/c1-29-17-10-8-16(9-11-17)12-13-26-14-19(23(27)30-2)22(20(15-26)24(28)31-3)18-6-4-5-7-21(18)25/h4-11,14-15,22H,12-13H2,1-3H3. The van der Waals surface area contributed by atoms with Gasteiger partial charge in [0.1, 0.15) is 5.75 Å². The lowest BCUT2D eigenvalue weighted by Crippen LogP contribution is -2.29. The molecule has 0 bridgehead atoms. The number of carbonyl (C=O) groups excluding carboxylic acids is 2. The zero-order chi connectivity index (χ0) is 22.4. The minimum absolute atomic E-state index is 0.368. The van der Waals surface area contributed by atoms with E-state index in [9.17, 15) is 9.59 Å². The van der Waals surface area contributed by atoms with Crippen molar-refractivity contribution in [3.63, 3.8) is 0 Å². The van der Waals surface area contributed by atoms with E-state index in [4.69, 9.17) is 14.2 Å². The van der Waals surface area contributed by atoms with E-state index < -0.39 is 17.9 Å². The number of methoxy groups -OCH3 is 3. The molecule has 0 saturated carbocycles. The second kappa shape index (κ2) is 10.3. The van der Waals surface area contributed by atoms with E-state index in [0.717, 1.165) is 21.3 Å². The van der Waals surface area contributed by atoms with Gasteiger partial charge >= 0.3 is 11.9 Å². The van der Waals surface area contributed by atoms with Crippen molar-refractivity contribution in [1.29, 1.82) is 0 Å². The van der Waals surface area contributed by atoms with Gasteiger partial charge in [-0.15, -0.1) is 0 Å². The van der Waals surface area contributed by atoms with Crippen molar-refractivity contribution < 1.29 is 23.8 Å². The van der Waals surface area contributed by atoms with Crippen LogP contribution in [0.1, 0.15) is 17.0 Å². The van der Waals surface area contributed by atoms with Gasteiger partial charge < -0.3 is 19.1 Å². The molecule has 3 rings (SSSR count). The number of carbonyl (C=O) groups is 2. The third kappa shape index (κ3) is 5.17. The fraction of sp³-hybridized carbons (Fsp3) is 0.250. The van der Waals surface area contributed by atoms with Crippen LogP contribution < -0.4 is 4.74 Å². The number of rotatable bonds is 7. The van der Waals surface area contributed by atoms with Crippen LogP contribution in [0, 0.1) is 0 Å². The molecule has 2 aromatic rings. The molecule has 0 aromatic heterocycles. The van der Waals surface area contributed by atoms with Crippen molar-refractivity contribution in [2.75, 3.05) is 27.9 Å². The van der Waals surface area contributed by atoms with E-state index in [-0.39, 0.29) is 0 Å². The molecule has 162 valence electrons. The van der Waals surface area contributed by atoms with E-state index in [1.165, 1.54) is 14.2 Å². The largest absolute Gasteiger partial charge is 0.497 e. The number of hydrogen-bond acceptors (Lipinski definition) is 6. The first kappa shape index (κ1) is 22.6. The van der Waals surface area contributed by atoms with Crippen LogP contribution >= 0.6 is 15.9 Å². The Balaban J connectivity index is 1.96. The Hall–Kier alpha value is -3.06. The maximum atomic E-state index is 12.7. The molecule has 0 fully saturated rings. The maximum absolute atomic E-state index is 12.7. The van der Waals surface area contributed by atoms with Gasteiger partial charge in [0.05, 0.1) is 38.4 Å². The summed E-state index contributed by atoms with van der Waals surface area (Å²) in [6, 6.07) is 15.3. The Bertz CT molecular complexity index is 979. The molecule has 6 nitrogen and oxygen atoms in total. The third-order valence-corrected chi connectivity index (χ3v) is 5.83. The van der Waals surface area contributed by atoms with Crippen LogP contribution in [-0.4, -0.2) is 44.7 Å². The fourth-order valence-electron chi connectivity index (χ4n) is 3.51. The second-order valence-electron chi connectivity index (χ2n) is 6.94. The molecule has 2 aromatic carbocycles. The molecule has 0 aliphatic carbocycles. The molecule has 1 aliphatic heterocycles. The van der Waals surface area contributed by atoms with Gasteiger partial charge in [-0.25, -0.2) is 9.59 Å². The lowest BCUT2D eigenvalue weighted by Gasteiger charge is -2.30. The highest BCUT2D eigenvalue weighted by molar-refractivity contribution is 9.10. The minimum atomic E-state index is -0.604. The molecule has 0 radical (unpaired) electrons. The van der Waals surface area contributed by atoms with Crippen molar-refractivity contribution in [1.82, 2.24) is 4.90 Å². The van der Waals surface area contributed by atoms with Crippen LogP contribution in [-0.2, 0) is 25.5 Å². The summed E-state index contributed by atoms with van der Waals surface area (Å²) < 4.78 is 16.1. The molecule has 0 saturated heterocycles. The molecular weight excluding hydrogens is 462 g/mol. The van der Waals surface area contributed by atoms with Crippen LogP contribution in [0.25, 0.3) is 0 Å². The molecule has 7 heteroatoms. The van der Waals surface area contributed by atoms with Crippen LogP contribution in [0.4, 0.5) is 0 Å². The summed E-state index contributed by atoms with van der Waals surface area (Å²) in [4.78, 5) is 27.2. The summed E-state index contributed by atoms with van der Waals surface area (Å²) in [6.07, 6.45) is 4.19. The number of nitrogens with zero attached hydrogens (tertiary/aromatic N) is 1. The van der Waals surface area contributed by atoms with Crippen molar-refractivity contribution >= 4 is 27.9 Å². The van der Waals surface area contributed by atoms with Crippen molar-refractivity contribution in [3.05, 3.63) is 87.7 Å². The Morgan fingerprint density at radius 3 is 2.00 bits per heavy atom. The predicted molar refractivity (Wildman–Crippen MR) is 120 cm³/mol. The van der Waals surface area contributed by atoms with Gasteiger partial charge in [0.2, 0.25) is 0 Å². The number of esters is 2. The highest BCUT2D eigenvalue weighted by atomic mass is 79.9. The van der Waals surface area contributed by atoms with Crippen LogP contribution in [0.5, 0.6) is 5.75 Å². The van der Waals surface area contributed by atoms with Crippen LogP contribution in [0.2, 0.25) is 0 Å². The van der Waals surface area contributed by atoms with E-state index in [0.29, 0.717) is 24.1 Å². The first-order valence-electron chi connectivity index (χ1n) is 9.71. The molecule has 0 amide bonds. The minimum Gasteiger partial charge on any atom is -0.497 e. The van der Waals surface area contributed by atoms with Crippen molar-refractivity contribution in [2.24, 2.45) is 0 Å². The Labute approximate surface area is 190 Å². The van der Waals surface area contributed by atoms with E-state index in [1.807, 2.05) is 53.4 Å². The Morgan fingerprint density at radius 1 is 0.903 bits per heavy atom. The number of ether oxygens (including phenoxy) is 3. The topological polar surface area (TPSA) is 65.1 Å². The average molecular weight is 486 g/mol. The van der Waals surface area contributed by atoms with Gasteiger partial charge in [0.15, 0.2) is 0 Å². The maximum Gasteiger partial charge on any atom is 0.336 e. The highest BCUT2D eigenvalue weighted by Crippen LogP contribution is 2.40. The van der Waals surface area contributed by atoms with E-state index in [1.54, 1.807) is 19.5 Å². The molecule has 0 unspecified atom stereocenters. The predicted octanol–water partition coefficient (Wildman–Crippen LogP) is 4.21. The molecule has 31 heavy (non-hydrogen) atoms. The van der Waals surface area contributed by atoms with Gasteiger partial charge in [0.25, 0.3) is 0 Å². The molecule has 0 spiro atoms. The summed E-state index contributed by atoms with van der Waals surface area (Å²) in [5.74, 6) is -0.805. The third-order valence-electron chi connectivity index (χ3n) is 5.11. The molecule has 0 atom stereocenters. The first-order chi connectivity index (χ1) is 15.0. The summed E-state index contributed by atoms with van der Waals surface area (Å²) in [6.45, 7) is 0.565. The van der Waals surface area contributed by atoms with E-state index >= 15 is 0 Å². The number of halogens is 1. The SMILES string of the molecule is COC(=O)C1=CN(CCc2ccc(OC)cc2)C=C(C(=O)OC)C1c1ccccc1Br. The molecule has 0 N–H and O–H groups in total. The van der Waals surface area contributed by atoms with Gasteiger partial charge in [-0.2, -0.15) is 0 Å². The highest BCUT2D eigenvalue weighted by Gasteiger charge is 2.36. The second-order valence-corrected chi connectivity index (χ2v) is 7.80.